The maximum Gasteiger partial charge on any atom is 0.407 e. The Hall–Kier alpha value is -3.22. The number of methoxy groups -OCH3 is 1. The van der Waals surface area contributed by atoms with Crippen LogP contribution in [0.4, 0.5) is 16.2 Å². The van der Waals surface area contributed by atoms with Crippen LogP contribution in [-0.2, 0) is 4.74 Å². The van der Waals surface area contributed by atoms with Crippen molar-refractivity contribution in [2.24, 2.45) is 5.92 Å². The van der Waals surface area contributed by atoms with Crippen molar-refractivity contribution >= 4 is 23.4 Å². The molecular formula is C25H33N3O4. The molecule has 0 aliphatic carbocycles. The lowest BCUT2D eigenvalue weighted by atomic mass is 9.96. The lowest BCUT2D eigenvalue weighted by Crippen LogP contribution is -2.42. The molecular weight excluding hydrogens is 406 g/mol. The number of nitrogens with zero attached hydrogens (tertiary/aromatic N) is 1. The number of anilines is 2. The van der Waals surface area contributed by atoms with Crippen molar-refractivity contribution in [2.45, 2.75) is 39.2 Å². The van der Waals surface area contributed by atoms with Crippen molar-refractivity contribution in [3.05, 3.63) is 54.1 Å². The van der Waals surface area contributed by atoms with Crippen molar-refractivity contribution in [3.8, 4) is 5.75 Å². The van der Waals surface area contributed by atoms with E-state index >= 15 is 0 Å². The standard InChI is InChI=1S/C25H33N3O4/c1-25(2,3)32-24(30)26-17-18-13-15-28(16-14-18)23(29)21-7-5-6-8-22(21)27-19-9-11-20(31-4)12-10-19/h5-12,18,27H,13-17H2,1-4H3,(H,26,30). The van der Waals surface area contributed by atoms with Gasteiger partial charge >= 0.3 is 6.09 Å². The van der Waals surface area contributed by atoms with E-state index in [2.05, 4.69) is 10.6 Å². The fourth-order valence-electron chi connectivity index (χ4n) is 3.66. The van der Waals surface area contributed by atoms with Crippen LogP contribution >= 0.6 is 0 Å². The first-order chi connectivity index (χ1) is 15.2. The highest BCUT2D eigenvalue weighted by molar-refractivity contribution is 6.00. The summed E-state index contributed by atoms with van der Waals surface area (Å²) in [5, 5.41) is 6.19. The molecule has 0 atom stereocenters. The molecule has 2 aromatic rings. The Bertz CT molecular complexity index is 914. The molecule has 2 amide bonds. The van der Waals surface area contributed by atoms with Gasteiger partial charge in [-0.05, 0) is 75.9 Å². The van der Waals surface area contributed by atoms with Crippen LogP contribution in [0.3, 0.4) is 0 Å². The summed E-state index contributed by atoms with van der Waals surface area (Å²) in [5.74, 6) is 1.13. The van der Waals surface area contributed by atoms with Gasteiger partial charge in [-0.3, -0.25) is 4.79 Å². The van der Waals surface area contributed by atoms with E-state index in [1.165, 1.54) is 0 Å². The fraction of sp³-hybridized carbons (Fsp3) is 0.440. The number of rotatable bonds is 6. The average Bonchev–Trinajstić information content (AvgIpc) is 2.77. The topological polar surface area (TPSA) is 79.9 Å². The number of para-hydroxylation sites is 1. The summed E-state index contributed by atoms with van der Waals surface area (Å²) >= 11 is 0. The summed E-state index contributed by atoms with van der Waals surface area (Å²) in [6, 6.07) is 15.2. The van der Waals surface area contributed by atoms with E-state index in [1.54, 1.807) is 7.11 Å². The number of piperidine rings is 1. The van der Waals surface area contributed by atoms with E-state index in [4.69, 9.17) is 9.47 Å². The number of carbonyl (C=O) groups excluding carboxylic acids is 2. The molecule has 7 heteroatoms. The molecule has 3 rings (SSSR count). The Morgan fingerprint density at radius 2 is 1.69 bits per heavy atom. The van der Waals surface area contributed by atoms with Gasteiger partial charge in [-0.2, -0.15) is 0 Å². The van der Waals surface area contributed by atoms with Crippen molar-refractivity contribution < 1.29 is 19.1 Å². The van der Waals surface area contributed by atoms with Crippen molar-refractivity contribution in [1.82, 2.24) is 10.2 Å². The minimum absolute atomic E-state index is 0.0140. The summed E-state index contributed by atoms with van der Waals surface area (Å²) in [5.41, 5.74) is 1.80. The van der Waals surface area contributed by atoms with Crippen molar-refractivity contribution in [3.63, 3.8) is 0 Å². The minimum atomic E-state index is -0.507. The minimum Gasteiger partial charge on any atom is -0.497 e. The van der Waals surface area contributed by atoms with Crippen LogP contribution in [0.1, 0.15) is 44.0 Å². The molecule has 0 bridgehead atoms. The van der Waals surface area contributed by atoms with Gasteiger partial charge in [0.25, 0.3) is 5.91 Å². The third-order valence-corrected chi connectivity index (χ3v) is 5.36. The number of nitrogens with one attached hydrogen (secondary N) is 2. The smallest absolute Gasteiger partial charge is 0.407 e. The summed E-state index contributed by atoms with van der Waals surface area (Å²) in [6.07, 6.45) is 1.29. The number of hydrogen-bond donors (Lipinski definition) is 2. The lowest BCUT2D eigenvalue weighted by molar-refractivity contribution is 0.0500. The molecule has 32 heavy (non-hydrogen) atoms. The number of carbonyl (C=O) groups is 2. The van der Waals surface area contributed by atoms with Gasteiger partial charge in [0, 0.05) is 25.3 Å². The summed E-state index contributed by atoms with van der Waals surface area (Å²) in [4.78, 5) is 27.0. The second-order valence-corrected chi connectivity index (χ2v) is 9.02. The van der Waals surface area contributed by atoms with Crippen LogP contribution in [0.5, 0.6) is 5.75 Å². The molecule has 0 spiro atoms. The predicted octanol–water partition coefficient (Wildman–Crippen LogP) is 4.82. The van der Waals surface area contributed by atoms with Gasteiger partial charge in [0.05, 0.1) is 18.4 Å². The third-order valence-electron chi connectivity index (χ3n) is 5.36. The second kappa shape index (κ2) is 10.4. The van der Waals surface area contributed by atoms with Crippen molar-refractivity contribution in [2.75, 3.05) is 32.1 Å². The monoisotopic (exact) mass is 439 g/mol. The van der Waals surface area contributed by atoms with Crippen LogP contribution in [0, 0.1) is 5.92 Å². The zero-order chi connectivity index (χ0) is 23.1. The van der Waals surface area contributed by atoms with Crippen molar-refractivity contribution in [1.29, 1.82) is 0 Å². The molecule has 1 heterocycles. The Morgan fingerprint density at radius 3 is 2.31 bits per heavy atom. The molecule has 2 aromatic carbocycles. The average molecular weight is 440 g/mol. The van der Waals surface area contributed by atoms with E-state index in [9.17, 15) is 9.59 Å². The number of ether oxygens (including phenoxy) is 2. The maximum absolute atomic E-state index is 13.2. The lowest BCUT2D eigenvalue weighted by Gasteiger charge is -2.32. The molecule has 1 aliphatic heterocycles. The Balaban J connectivity index is 1.55. The highest BCUT2D eigenvalue weighted by Crippen LogP contribution is 2.26. The second-order valence-electron chi connectivity index (χ2n) is 9.02. The molecule has 1 fully saturated rings. The normalized spacial score (nSPS) is 14.6. The highest BCUT2D eigenvalue weighted by Gasteiger charge is 2.26. The number of hydrogen-bond acceptors (Lipinski definition) is 5. The predicted molar refractivity (Wildman–Crippen MR) is 126 cm³/mol. The first-order valence-corrected chi connectivity index (χ1v) is 11.0. The summed E-state index contributed by atoms with van der Waals surface area (Å²) < 4.78 is 10.5. The number of alkyl carbamates (subject to hydrolysis) is 1. The van der Waals surface area contributed by atoms with Crippen LogP contribution in [0.2, 0.25) is 0 Å². The van der Waals surface area contributed by atoms with Crippen LogP contribution in [0.15, 0.2) is 48.5 Å². The molecule has 172 valence electrons. The Morgan fingerprint density at radius 1 is 1.03 bits per heavy atom. The zero-order valence-corrected chi connectivity index (χ0v) is 19.3. The number of likely N-dealkylation sites (tertiary alicyclic amines) is 1. The number of benzene rings is 2. The van der Waals surface area contributed by atoms with Gasteiger partial charge in [0.1, 0.15) is 11.4 Å². The molecule has 0 unspecified atom stereocenters. The molecule has 7 nitrogen and oxygen atoms in total. The van der Waals surface area contributed by atoms with Gasteiger partial charge in [0.2, 0.25) is 0 Å². The van der Waals surface area contributed by atoms with E-state index < -0.39 is 11.7 Å². The molecule has 0 saturated carbocycles. The third kappa shape index (κ3) is 6.64. The summed E-state index contributed by atoms with van der Waals surface area (Å²) in [7, 11) is 1.63. The Kier molecular flexibility index (Phi) is 7.62. The molecule has 1 aliphatic rings. The van der Waals surface area contributed by atoms with Gasteiger partial charge in [-0.1, -0.05) is 12.1 Å². The zero-order valence-electron chi connectivity index (χ0n) is 19.3. The summed E-state index contributed by atoms with van der Waals surface area (Å²) in [6.45, 7) is 7.42. The van der Waals surface area contributed by atoms with Gasteiger partial charge < -0.3 is 25.0 Å². The van der Waals surface area contributed by atoms with Crippen LogP contribution in [-0.4, -0.2) is 49.2 Å². The first-order valence-electron chi connectivity index (χ1n) is 11.0. The molecule has 0 aromatic heterocycles. The quantitative estimate of drug-likeness (QED) is 0.675. The van der Waals surface area contributed by atoms with Crippen LogP contribution < -0.4 is 15.4 Å². The Labute approximate surface area is 190 Å². The van der Waals surface area contributed by atoms with E-state index in [-0.39, 0.29) is 5.91 Å². The van der Waals surface area contributed by atoms with E-state index in [1.807, 2.05) is 74.2 Å². The largest absolute Gasteiger partial charge is 0.497 e. The van der Waals surface area contributed by atoms with Crippen LogP contribution in [0.25, 0.3) is 0 Å². The highest BCUT2D eigenvalue weighted by atomic mass is 16.6. The van der Waals surface area contributed by atoms with Gasteiger partial charge in [-0.15, -0.1) is 0 Å². The van der Waals surface area contributed by atoms with E-state index in [0.29, 0.717) is 31.1 Å². The molecule has 1 saturated heterocycles. The maximum atomic E-state index is 13.2. The van der Waals surface area contributed by atoms with Gasteiger partial charge in [0.15, 0.2) is 0 Å². The molecule has 2 N–H and O–H groups in total. The van der Waals surface area contributed by atoms with Gasteiger partial charge in [-0.25, -0.2) is 4.79 Å². The SMILES string of the molecule is COc1ccc(Nc2ccccc2C(=O)N2CCC(CNC(=O)OC(C)(C)C)CC2)cc1. The molecule has 0 radical (unpaired) electrons. The fourth-order valence-corrected chi connectivity index (χ4v) is 3.66. The number of amides is 2. The first kappa shape index (κ1) is 23.4. The van der Waals surface area contributed by atoms with E-state index in [0.717, 1.165) is 30.0 Å².